The molecule has 0 aliphatic heterocycles. The fraction of sp³-hybridized carbons (Fsp3) is 0.896. The van der Waals surface area contributed by atoms with Crippen LogP contribution >= 0.6 is 0 Å². The lowest BCUT2D eigenvalue weighted by atomic mass is 10.0. The fourth-order valence-electron chi connectivity index (χ4n) is 7.34. The Hall–Kier alpha value is -1.17. The molecule has 0 aliphatic carbocycles. The Morgan fingerprint density at radius 1 is 0.472 bits per heavy atom. The van der Waals surface area contributed by atoms with E-state index in [0.717, 1.165) is 25.7 Å². The zero-order valence-electron chi connectivity index (χ0n) is 35.7. The van der Waals surface area contributed by atoms with Crippen molar-refractivity contribution in [2.24, 2.45) is 0 Å². The summed E-state index contributed by atoms with van der Waals surface area (Å²) in [5, 5.41) is 33.1. The predicted octanol–water partition coefficient (Wildman–Crippen LogP) is 13.8. The van der Waals surface area contributed by atoms with Gasteiger partial charge >= 0.3 is 0 Å². The molecular weight excluding hydrogens is 655 g/mol. The van der Waals surface area contributed by atoms with Gasteiger partial charge in [-0.2, -0.15) is 0 Å². The summed E-state index contributed by atoms with van der Waals surface area (Å²) in [6.45, 7) is 4.19. The molecule has 0 aliphatic rings. The average Bonchev–Trinajstić information content (AvgIpc) is 3.15. The second-order valence-corrected chi connectivity index (χ2v) is 16.4. The minimum absolute atomic E-state index is 0.0154. The van der Waals surface area contributed by atoms with Crippen molar-refractivity contribution in [1.82, 2.24) is 5.32 Å². The fourth-order valence-corrected chi connectivity index (χ4v) is 7.34. The Morgan fingerprint density at radius 2 is 0.792 bits per heavy atom. The molecule has 0 bridgehead atoms. The summed E-state index contributed by atoms with van der Waals surface area (Å²) in [7, 11) is 0. The maximum Gasteiger partial charge on any atom is 0.222 e. The smallest absolute Gasteiger partial charge is 0.222 e. The van der Waals surface area contributed by atoms with E-state index in [4.69, 9.17) is 0 Å². The summed E-state index contributed by atoms with van der Waals surface area (Å²) in [6.07, 6.45) is 53.6. The number of hydrogen-bond donors (Lipinski definition) is 4. The van der Waals surface area contributed by atoms with Crippen LogP contribution in [0.2, 0.25) is 0 Å². The van der Waals surface area contributed by atoms with Crippen LogP contribution in [0.25, 0.3) is 0 Å². The third kappa shape index (κ3) is 40.3. The van der Waals surface area contributed by atoms with Gasteiger partial charge in [-0.15, -0.1) is 0 Å². The van der Waals surface area contributed by atoms with Gasteiger partial charge in [-0.1, -0.05) is 224 Å². The van der Waals surface area contributed by atoms with Crippen molar-refractivity contribution in [3.63, 3.8) is 0 Å². The second kappa shape index (κ2) is 43.6. The molecule has 0 fully saturated rings. The lowest BCUT2D eigenvalue weighted by molar-refractivity contribution is -0.124. The summed E-state index contributed by atoms with van der Waals surface area (Å²) in [4.78, 5) is 12.4. The first-order valence-electron chi connectivity index (χ1n) is 23.6. The van der Waals surface area contributed by atoms with Crippen molar-refractivity contribution >= 4 is 5.91 Å². The van der Waals surface area contributed by atoms with Gasteiger partial charge in [0.15, 0.2) is 0 Å². The molecule has 0 aromatic rings. The summed E-state index contributed by atoms with van der Waals surface area (Å²) >= 11 is 0. The molecule has 5 nitrogen and oxygen atoms in total. The predicted molar refractivity (Wildman–Crippen MR) is 231 cm³/mol. The van der Waals surface area contributed by atoms with Crippen LogP contribution < -0.4 is 5.32 Å². The molecule has 3 atom stereocenters. The van der Waals surface area contributed by atoms with Crippen molar-refractivity contribution in [2.75, 3.05) is 6.61 Å². The first-order valence-corrected chi connectivity index (χ1v) is 23.6. The minimum Gasteiger partial charge on any atom is -0.394 e. The maximum atomic E-state index is 12.4. The van der Waals surface area contributed by atoms with Crippen LogP contribution in [0.3, 0.4) is 0 Å². The molecule has 0 aromatic carbocycles. The van der Waals surface area contributed by atoms with Gasteiger partial charge in [0.2, 0.25) is 5.91 Å². The zero-order chi connectivity index (χ0) is 38.7. The van der Waals surface area contributed by atoms with Gasteiger partial charge in [0.1, 0.15) is 0 Å². The van der Waals surface area contributed by atoms with Crippen molar-refractivity contribution < 1.29 is 20.1 Å². The Kier molecular flexibility index (Phi) is 42.6. The van der Waals surface area contributed by atoms with E-state index in [1.807, 2.05) is 6.08 Å². The van der Waals surface area contributed by atoms with Crippen LogP contribution in [0.15, 0.2) is 24.3 Å². The second-order valence-electron chi connectivity index (χ2n) is 16.4. The number of allylic oxidation sites excluding steroid dienone is 3. The Morgan fingerprint density at radius 3 is 1.15 bits per heavy atom. The Balaban J connectivity index is 3.50. The number of aliphatic hydroxyl groups excluding tert-OH is 3. The number of nitrogens with one attached hydrogen (secondary N) is 1. The molecule has 0 aromatic heterocycles. The third-order valence-electron chi connectivity index (χ3n) is 11.0. The molecule has 3 unspecified atom stereocenters. The number of carbonyl (C=O) groups is 1. The van der Waals surface area contributed by atoms with Gasteiger partial charge in [0, 0.05) is 0 Å². The van der Waals surface area contributed by atoms with Crippen molar-refractivity contribution in [3.8, 4) is 0 Å². The van der Waals surface area contributed by atoms with Gasteiger partial charge in [0.05, 0.1) is 31.3 Å². The molecule has 0 heterocycles. The lowest BCUT2D eigenvalue weighted by Crippen LogP contribution is -2.45. The van der Waals surface area contributed by atoms with E-state index in [1.165, 1.54) is 199 Å². The molecule has 5 heteroatoms. The van der Waals surface area contributed by atoms with Crippen LogP contribution in [-0.4, -0.2) is 46.1 Å². The lowest BCUT2D eigenvalue weighted by Gasteiger charge is -2.21. The average molecular weight is 748 g/mol. The quantitative estimate of drug-likeness (QED) is 0.0369. The van der Waals surface area contributed by atoms with E-state index in [1.54, 1.807) is 6.08 Å². The highest BCUT2D eigenvalue weighted by Gasteiger charge is 2.20. The molecule has 4 N–H and O–H groups in total. The molecular formula is C48H93NO4. The van der Waals surface area contributed by atoms with Gasteiger partial charge in [0.25, 0.3) is 0 Å². The van der Waals surface area contributed by atoms with E-state index >= 15 is 0 Å². The number of carbonyl (C=O) groups excluding carboxylic acids is 1. The van der Waals surface area contributed by atoms with Crippen LogP contribution in [0, 0.1) is 0 Å². The monoisotopic (exact) mass is 748 g/mol. The van der Waals surface area contributed by atoms with E-state index in [2.05, 4.69) is 31.3 Å². The molecule has 0 rings (SSSR count). The molecule has 53 heavy (non-hydrogen) atoms. The highest BCUT2D eigenvalue weighted by Crippen LogP contribution is 2.16. The van der Waals surface area contributed by atoms with E-state index in [0.29, 0.717) is 6.42 Å². The van der Waals surface area contributed by atoms with E-state index in [9.17, 15) is 20.1 Å². The topological polar surface area (TPSA) is 89.8 Å². The summed E-state index contributed by atoms with van der Waals surface area (Å²) in [6, 6.07) is -0.740. The highest BCUT2D eigenvalue weighted by atomic mass is 16.3. The molecule has 0 spiro atoms. The van der Waals surface area contributed by atoms with Crippen molar-refractivity contribution in [3.05, 3.63) is 24.3 Å². The SMILES string of the molecule is CCCCCCCCC/C=C/C(O)C(CO)NC(=O)CC(O)CCCCCCCCCCCCCCC/C=C\CCCCCCCCCCCCCC. The Labute approximate surface area is 331 Å². The molecule has 1 amide bonds. The number of unbranched alkanes of at least 4 members (excludes halogenated alkanes) is 32. The molecule has 0 saturated heterocycles. The van der Waals surface area contributed by atoms with Crippen LogP contribution in [0.4, 0.5) is 0 Å². The molecule has 0 saturated carbocycles. The third-order valence-corrected chi connectivity index (χ3v) is 11.0. The van der Waals surface area contributed by atoms with Crippen molar-refractivity contribution in [2.45, 2.75) is 270 Å². The van der Waals surface area contributed by atoms with Crippen LogP contribution in [0.5, 0.6) is 0 Å². The Bertz CT molecular complexity index is 784. The van der Waals surface area contributed by atoms with Gasteiger partial charge in [-0.25, -0.2) is 0 Å². The number of rotatable bonds is 43. The summed E-state index contributed by atoms with van der Waals surface area (Å²) in [5.74, 6) is -0.316. The van der Waals surface area contributed by atoms with Gasteiger partial charge in [-0.3, -0.25) is 4.79 Å². The zero-order valence-corrected chi connectivity index (χ0v) is 35.7. The number of amides is 1. The van der Waals surface area contributed by atoms with Crippen molar-refractivity contribution in [1.29, 1.82) is 0 Å². The normalized spacial score (nSPS) is 13.7. The highest BCUT2D eigenvalue weighted by molar-refractivity contribution is 5.76. The van der Waals surface area contributed by atoms with Crippen LogP contribution in [-0.2, 0) is 4.79 Å². The standard InChI is InChI=1S/C48H93NO4/c1-3-5-7-9-11-13-14-15-16-17-18-19-20-21-22-23-24-25-26-27-28-29-30-31-32-34-35-37-39-41-45(51)43-48(53)49-46(44-50)47(52)42-40-38-36-33-12-10-8-6-4-2/h21-22,40,42,45-47,50-52H,3-20,23-39,41,43-44H2,1-2H3,(H,49,53)/b22-21-,42-40+. The number of aliphatic hydroxyl groups is 3. The summed E-state index contributed by atoms with van der Waals surface area (Å²) in [5.41, 5.74) is 0. The maximum absolute atomic E-state index is 12.4. The largest absolute Gasteiger partial charge is 0.394 e. The molecule has 0 radical (unpaired) electrons. The first-order chi connectivity index (χ1) is 26.0. The van der Waals surface area contributed by atoms with E-state index < -0.39 is 18.2 Å². The first kappa shape index (κ1) is 51.8. The molecule has 314 valence electrons. The van der Waals surface area contributed by atoms with Gasteiger partial charge < -0.3 is 20.6 Å². The minimum atomic E-state index is -0.924. The van der Waals surface area contributed by atoms with Crippen LogP contribution in [0.1, 0.15) is 251 Å². The van der Waals surface area contributed by atoms with E-state index in [-0.39, 0.29) is 18.9 Å². The van der Waals surface area contributed by atoms with Gasteiger partial charge in [-0.05, 0) is 44.9 Å². The summed E-state index contributed by atoms with van der Waals surface area (Å²) < 4.78 is 0. The number of hydrogen-bond acceptors (Lipinski definition) is 4.